The van der Waals surface area contributed by atoms with Crippen molar-refractivity contribution < 1.29 is 0 Å². The number of benzene rings is 5. The van der Waals surface area contributed by atoms with E-state index in [-0.39, 0.29) is 5.41 Å². The molecule has 222 valence electrons. The van der Waals surface area contributed by atoms with Crippen molar-refractivity contribution in [3.8, 4) is 56.4 Å². The van der Waals surface area contributed by atoms with Crippen molar-refractivity contribution in [3.63, 3.8) is 0 Å². The van der Waals surface area contributed by atoms with Crippen LogP contribution in [0, 0.1) is 23.7 Å². The Morgan fingerprint density at radius 1 is 0.413 bits per heavy atom. The zero-order valence-electron chi connectivity index (χ0n) is 25.8. The van der Waals surface area contributed by atoms with Crippen LogP contribution in [0.25, 0.3) is 56.4 Å². The lowest BCUT2D eigenvalue weighted by atomic mass is 9.43. The lowest BCUT2D eigenvalue weighted by Crippen LogP contribution is -2.55. The monoisotopic (exact) mass is 593 g/mol. The van der Waals surface area contributed by atoms with Crippen molar-refractivity contribution in [1.29, 1.82) is 0 Å². The third-order valence-electron chi connectivity index (χ3n) is 11.7. The largest absolute Gasteiger partial charge is 0.208 e. The van der Waals surface area contributed by atoms with Crippen molar-refractivity contribution >= 4 is 0 Å². The fourth-order valence-electron chi connectivity index (χ4n) is 10.2. The van der Waals surface area contributed by atoms with Gasteiger partial charge in [-0.3, -0.25) is 0 Å². The highest BCUT2D eigenvalue weighted by Gasteiger charge is 2.61. The van der Waals surface area contributed by atoms with Crippen LogP contribution < -0.4 is 0 Å². The summed E-state index contributed by atoms with van der Waals surface area (Å²) in [5.41, 5.74) is 11.4. The Hall–Kier alpha value is -4.89. The molecule has 5 aliphatic rings. The highest BCUT2D eigenvalue weighted by molar-refractivity contribution is 5.92. The maximum atomic E-state index is 5.29. The van der Waals surface area contributed by atoms with Crippen LogP contribution in [0.1, 0.15) is 43.2 Å². The van der Waals surface area contributed by atoms with Gasteiger partial charge in [-0.2, -0.15) is 0 Å². The fourth-order valence-corrected chi connectivity index (χ4v) is 10.2. The Morgan fingerprint density at radius 3 is 1.67 bits per heavy atom. The molecular weight excluding hydrogens is 558 g/mol. The van der Waals surface area contributed by atoms with Gasteiger partial charge in [0.05, 0.1) is 0 Å². The first kappa shape index (κ1) is 26.3. The van der Waals surface area contributed by atoms with Crippen molar-refractivity contribution in [1.82, 2.24) is 15.0 Å². The smallest absolute Gasteiger partial charge is 0.164 e. The number of aromatic nitrogens is 3. The molecule has 5 aromatic carbocycles. The molecule has 5 aliphatic carbocycles. The van der Waals surface area contributed by atoms with Gasteiger partial charge < -0.3 is 0 Å². The average Bonchev–Trinajstić information content (AvgIpc) is 3.42. The first-order valence-corrected chi connectivity index (χ1v) is 17.0. The molecule has 0 aliphatic heterocycles. The van der Waals surface area contributed by atoms with E-state index in [4.69, 9.17) is 15.0 Å². The van der Waals surface area contributed by atoms with Gasteiger partial charge in [0.1, 0.15) is 0 Å². The molecule has 3 heteroatoms. The van der Waals surface area contributed by atoms with Gasteiger partial charge in [0.25, 0.3) is 0 Å². The quantitative estimate of drug-likeness (QED) is 0.204. The van der Waals surface area contributed by atoms with E-state index in [0.717, 1.165) is 51.7 Å². The second-order valence-electron chi connectivity index (χ2n) is 14.1. The molecule has 11 rings (SSSR count). The summed E-state index contributed by atoms with van der Waals surface area (Å²) in [6, 6.07) is 45.7. The summed E-state index contributed by atoms with van der Waals surface area (Å²) in [5, 5.41) is 0. The molecule has 0 radical (unpaired) electrons. The van der Waals surface area contributed by atoms with E-state index in [9.17, 15) is 0 Å². The van der Waals surface area contributed by atoms with Crippen LogP contribution in [0.4, 0.5) is 0 Å². The first-order chi connectivity index (χ1) is 22.8. The van der Waals surface area contributed by atoms with Crippen LogP contribution >= 0.6 is 0 Å². The molecule has 4 bridgehead atoms. The van der Waals surface area contributed by atoms with Gasteiger partial charge in [0, 0.05) is 22.1 Å². The normalized spacial score (nSPS) is 25.0. The van der Waals surface area contributed by atoms with E-state index < -0.39 is 0 Å². The van der Waals surface area contributed by atoms with Gasteiger partial charge in [-0.25, -0.2) is 15.0 Å². The molecule has 1 aromatic heterocycles. The van der Waals surface area contributed by atoms with Gasteiger partial charge in [-0.15, -0.1) is 0 Å². The summed E-state index contributed by atoms with van der Waals surface area (Å²) in [6.45, 7) is 0. The number of rotatable bonds is 4. The molecule has 6 aromatic rings. The fraction of sp³-hybridized carbons (Fsp3) is 0.233. The summed E-state index contributed by atoms with van der Waals surface area (Å²) >= 11 is 0. The van der Waals surface area contributed by atoms with Crippen LogP contribution in [0.15, 0.2) is 127 Å². The molecule has 0 atom stereocenters. The van der Waals surface area contributed by atoms with E-state index >= 15 is 0 Å². The van der Waals surface area contributed by atoms with Crippen LogP contribution in [0.2, 0.25) is 0 Å². The van der Waals surface area contributed by atoms with Crippen molar-refractivity contribution in [3.05, 3.63) is 139 Å². The Kier molecular flexibility index (Phi) is 5.76. The van der Waals surface area contributed by atoms with Crippen LogP contribution in [0.5, 0.6) is 0 Å². The highest BCUT2D eigenvalue weighted by Crippen LogP contribution is 2.69. The zero-order chi connectivity index (χ0) is 30.2. The Bertz CT molecular complexity index is 2090. The molecule has 0 amide bonds. The molecule has 4 saturated carbocycles. The molecule has 46 heavy (non-hydrogen) atoms. The molecule has 0 saturated heterocycles. The third-order valence-corrected chi connectivity index (χ3v) is 11.7. The SMILES string of the molecule is c1ccc(-c2cccc(-c3nc(-c4ccccc4)nc(-c4cccc5c4-c4ccccc4C54C5CC6CC(C5)CC4C6)n3)c2)cc1. The van der Waals surface area contributed by atoms with E-state index in [1.54, 1.807) is 5.56 Å². The Morgan fingerprint density at radius 2 is 0.935 bits per heavy atom. The predicted octanol–water partition coefficient (Wildman–Crippen LogP) is 10.3. The summed E-state index contributed by atoms with van der Waals surface area (Å²) in [6.07, 6.45) is 6.94. The minimum Gasteiger partial charge on any atom is -0.208 e. The average molecular weight is 594 g/mol. The number of hydrogen-bond acceptors (Lipinski definition) is 3. The molecule has 4 fully saturated rings. The molecule has 1 spiro atoms. The number of hydrogen-bond donors (Lipinski definition) is 0. The second kappa shape index (κ2) is 10.1. The maximum absolute atomic E-state index is 5.29. The van der Waals surface area contributed by atoms with Crippen LogP contribution in [0.3, 0.4) is 0 Å². The Balaban J connectivity index is 1.19. The topological polar surface area (TPSA) is 38.7 Å². The summed E-state index contributed by atoms with van der Waals surface area (Å²) in [4.78, 5) is 15.6. The maximum Gasteiger partial charge on any atom is 0.164 e. The van der Waals surface area contributed by atoms with Gasteiger partial charge in [-0.1, -0.05) is 121 Å². The van der Waals surface area contributed by atoms with Gasteiger partial charge in [0.15, 0.2) is 17.5 Å². The molecule has 1 heterocycles. The standard InChI is InChI=1S/C43H35N3/c1-3-11-29(12-4-1)31-15-9-16-32(26-31)41-44-40(30-13-5-2-6-14-30)45-42(46-41)36-18-10-20-38-39(36)35-17-7-8-19-37(35)43(38)33-22-27-21-28(24-33)25-34(43)23-27/h1-20,26-28,33-34H,21-25H2. The highest BCUT2D eigenvalue weighted by atomic mass is 15.0. The van der Waals surface area contributed by atoms with Crippen molar-refractivity contribution in [2.45, 2.75) is 37.5 Å². The van der Waals surface area contributed by atoms with E-state index in [2.05, 4.69) is 121 Å². The second-order valence-corrected chi connectivity index (χ2v) is 14.1. The summed E-state index contributed by atoms with van der Waals surface area (Å²) in [7, 11) is 0. The predicted molar refractivity (Wildman–Crippen MR) is 185 cm³/mol. The van der Waals surface area contributed by atoms with E-state index in [1.165, 1.54) is 54.4 Å². The first-order valence-electron chi connectivity index (χ1n) is 17.0. The molecule has 0 N–H and O–H groups in total. The van der Waals surface area contributed by atoms with Crippen molar-refractivity contribution in [2.75, 3.05) is 0 Å². The number of nitrogens with zero attached hydrogens (tertiary/aromatic N) is 3. The lowest BCUT2D eigenvalue weighted by Gasteiger charge is -2.61. The van der Waals surface area contributed by atoms with Gasteiger partial charge in [0.2, 0.25) is 0 Å². The minimum absolute atomic E-state index is 0.109. The van der Waals surface area contributed by atoms with Crippen molar-refractivity contribution in [2.24, 2.45) is 23.7 Å². The lowest BCUT2D eigenvalue weighted by molar-refractivity contribution is -0.0399. The molecule has 0 unspecified atom stereocenters. The molecule has 3 nitrogen and oxygen atoms in total. The Labute approximate surface area is 270 Å². The number of fused-ring (bicyclic) bond motifs is 3. The zero-order valence-corrected chi connectivity index (χ0v) is 25.8. The van der Waals surface area contributed by atoms with E-state index in [1.807, 2.05) is 6.07 Å². The van der Waals surface area contributed by atoms with Gasteiger partial charge >= 0.3 is 0 Å². The molecular formula is C43H35N3. The minimum atomic E-state index is 0.109. The van der Waals surface area contributed by atoms with Crippen LogP contribution in [-0.4, -0.2) is 15.0 Å². The van der Waals surface area contributed by atoms with E-state index in [0.29, 0.717) is 11.6 Å². The van der Waals surface area contributed by atoms with Crippen LogP contribution in [-0.2, 0) is 5.41 Å². The third kappa shape index (κ3) is 3.81. The summed E-state index contributed by atoms with van der Waals surface area (Å²) < 4.78 is 0. The van der Waals surface area contributed by atoms with Gasteiger partial charge in [-0.05, 0) is 95.2 Å². The summed E-state index contributed by atoms with van der Waals surface area (Å²) in [5.74, 6) is 5.43.